The van der Waals surface area contributed by atoms with Crippen LogP contribution in [-0.4, -0.2) is 13.1 Å². The number of benzene rings is 1. The standard InChI is InChI=1S/C13H18ClN/c1-2-15-10-13(8-3-9-13)11-4-6-12(14)7-5-11/h4-7,15H,2-3,8-10H2,1H3. The van der Waals surface area contributed by atoms with Gasteiger partial charge in [0, 0.05) is 17.0 Å². The molecule has 0 unspecified atom stereocenters. The molecule has 0 radical (unpaired) electrons. The third-order valence-electron chi connectivity index (χ3n) is 3.48. The molecule has 2 rings (SSSR count). The van der Waals surface area contributed by atoms with E-state index >= 15 is 0 Å². The summed E-state index contributed by atoms with van der Waals surface area (Å²) in [6.07, 6.45) is 3.97. The monoisotopic (exact) mass is 223 g/mol. The first-order chi connectivity index (χ1) is 7.27. The highest BCUT2D eigenvalue weighted by Gasteiger charge is 2.37. The van der Waals surface area contributed by atoms with Gasteiger partial charge in [-0.3, -0.25) is 0 Å². The molecule has 1 aromatic carbocycles. The van der Waals surface area contributed by atoms with Crippen LogP contribution in [0.1, 0.15) is 31.7 Å². The molecular weight excluding hydrogens is 206 g/mol. The van der Waals surface area contributed by atoms with Gasteiger partial charge in [-0.25, -0.2) is 0 Å². The summed E-state index contributed by atoms with van der Waals surface area (Å²) in [6.45, 7) is 4.31. The molecule has 0 aliphatic heterocycles. The normalized spacial score (nSPS) is 18.5. The summed E-state index contributed by atoms with van der Waals surface area (Å²) in [5.74, 6) is 0. The van der Waals surface area contributed by atoms with Gasteiger partial charge in [0.25, 0.3) is 0 Å². The molecule has 82 valence electrons. The summed E-state index contributed by atoms with van der Waals surface area (Å²) in [7, 11) is 0. The van der Waals surface area contributed by atoms with Crippen molar-refractivity contribution < 1.29 is 0 Å². The first-order valence-electron chi connectivity index (χ1n) is 5.74. The predicted octanol–water partition coefficient (Wildman–Crippen LogP) is 3.37. The van der Waals surface area contributed by atoms with Gasteiger partial charge < -0.3 is 5.32 Å². The van der Waals surface area contributed by atoms with Crippen molar-refractivity contribution in [3.05, 3.63) is 34.9 Å². The van der Waals surface area contributed by atoms with Crippen LogP contribution in [0.25, 0.3) is 0 Å². The lowest BCUT2D eigenvalue weighted by Crippen LogP contribution is -2.43. The molecule has 1 aromatic rings. The molecule has 1 saturated carbocycles. The third kappa shape index (κ3) is 2.19. The summed E-state index contributed by atoms with van der Waals surface area (Å²) in [5.41, 5.74) is 1.83. The van der Waals surface area contributed by atoms with Crippen LogP contribution in [0.5, 0.6) is 0 Å². The highest BCUT2D eigenvalue weighted by molar-refractivity contribution is 6.30. The van der Waals surface area contributed by atoms with Gasteiger partial charge in [-0.2, -0.15) is 0 Å². The Balaban J connectivity index is 2.14. The minimum absolute atomic E-state index is 0.389. The summed E-state index contributed by atoms with van der Waals surface area (Å²) >= 11 is 5.91. The molecule has 1 aliphatic rings. The van der Waals surface area contributed by atoms with Crippen LogP contribution in [0.2, 0.25) is 5.02 Å². The first-order valence-corrected chi connectivity index (χ1v) is 6.11. The molecule has 2 heteroatoms. The van der Waals surface area contributed by atoms with E-state index in [0.29, 0.717) is 5.41 Å². The Kier molecular flexibility index (Phi) is 3.32. The van der Waals surface area contributed by atoms with Crippen LogP contribution >= 0.6 is 11.6 Å². The Morgan fingerprint density at radius 3 is 2.40 bits per heavy atom. The van der Waals surface area contributed by atoms with Gasteiger partial charge in [0.1, 0.15) is 0 Å². The Bertz CT molecular complexity index is 314. The lowest BCUT2D eigenvalue weighted by atomic mass is 9.64. The van der Waals surface area contributed by atoms with Gasteiger partial charge in [0.05, 0.1) is 0 Å². The van der Waals surface area contributed by atoms with Crippen LogP contribution in [0.3, 0.4) is 0 Å². The van der Waals surface area contributed by atoms with Crippen LogP contribution in [0, 0.1) is 0 Å². The summed E-state index contributed by atoms with van der Waals surface area (Å²) in [4.78, 5) is 0. The quantitative estimate of drug-likeness (QED) is 0.826. The van der Waals surface area contributed by atoms with E-state index in [2.05, 4.69) is 24.4 Å². The average Bonchev–Trinajstić information content (AvgIpc) is 2.19. The van der Waals surface area contributed by atoms with Crippen LogP contribution in [0.15, 0.2) is 24.3 Å². The average molecular weight is 224 g/mol. The van der Waals surface area contributed by atoms with Crippen molar-refractivity contribution in [2.24, 2.45) is 0 Å². The summed E-state index contributed by atoms with van der Waals surface area (Å²) < 4.78 is 0. The van der Waals surface area contributed by atoms with Crippen LogP contribution in [0.4, 0.5) is 0 Å². The van der Waals surface area contributed by atoms with Gasteiger partial charge in [-0.1, -0.05) is 37.1 Å². The molecule has 1 fully saturated rings. The van der Waals surface area contributed by atoms with Crippen molar-refractivity contribution in [3.8, 4) is 0 Å². The molecule has 0 bridgehead atoms. The number of halogens is 1. The highest BCUT2D eigenvalue weighted by Crippen LogP contribution is 2.43. The van der Waals surface area contributed by atoms with Crippen molar-refractivity contribution >= 4 is 11.6 Å². The van der Waals surface area contributed by atoms with Gasteiger partial charge in [0.2, 0.25) is 0 Å². The van der Waals surface area contributed by atoms with E-state index in [4.69, 9.17) is 11.6 Å². The second kappa shape index (κ2) is 4.54. The minimum Gasteiger partial charge on any atom is -0.316 e. The first kappa shape index (κ1) is 11.0. The number of likely N-dealkylation sites (N-methyl/N-ethyl adjacent to an activating group) is 1. The topological polar surface area (TPSA) is 12.0 Å². The smallest absolute Gasteiger partial charge is 0.0406 e. The molecule has 0 spiro atoms. The molecule has 0 saturated heterocycles. The van der Waals surface area contributed by atoms with Crippen molar-refractivity contribution in [1.29, 1.82) is 0 Å². The molecule has 15 heavy (non-hydrogen) atoms. The van der Waals surface area contributed by atoms with E-state index in [1.165, 1.54) is 24.8 Å². The molecule has 1 nitrogen and oxygen atoms in total. The Morgan fingerprint density at radius 2 is 1.93 bits per heavy atom. The van der Waals surface area contributed by atoms with E-state index in [9.17, 15) is 0 Å². The van der Waals surface area contributed by atoms with E-state index in [1.54, 1.807) is 0 Å². The Hall–Kier alpha value is -0.530. The van der Waals surface area contributed by atoms with Gasteiger partial charge in [-0.15, -0.1) is 0 Å². The molecule has 0 atom stereocenters. The largest absolute Gasteiger partial charge is 0.316 e. The zero-order valence-electron chi connectivity index (χ0n) is 9.22. The van der Waals surface area contributed by atoms with Gasteiger partial charge in [0.15, 0.2) is 0 Å². The minimum atomic E-state index is 0.389. The molecule has 0 amide bonds. The molecule has 0 heterocycles. The van der Waals surface area contributed by atoms with Gasteiger partial charge in [-0.05, 0) is 37.1 Å². The number of hydrogen-bond donors (Lipinski definition) is 1. The van der Waals surface area contributed by atoms with Gasteiger partial charge >= 0.3 is 0 Å². The van der Waals surface area contributed by atoms with E-state index in [0.717, 1.165) is 18.1 Å². The number of hydrogen-bond acceptors (Lipinski definition) is 1. The Labute approximate surface area is 96.8 Å². The maximum atomic E-state index is 5.91. The van der Waals surface area contributed by atoms with Crippen LogP contribution < -0.4 is 5.32 Å². The maximum Gasteiger partial charge on any atom is 0.0406 e. The fraction of sp³-hybridized carbons (Fsp3) is 0.538. The van der Waals surface area contributed by atoms with E-state index in [1.807, 2.05) is 12.1 Å². The lowest BCUT2D eigenvalue weighted by Gasteiger charge is -2.42. The summed E-state index contributed by atoms with van der Waals surface area (Å²) in [5, 5.41) is 4.30. The molecule has 1 N–H and O–H groups in total. The third-order valence-corrected chi connectivity index (χ3v) is 3.73. The predicted molar refractivity (Wildman–Crippen MR) is 65.5 cm³/mol. The second-order valence-electron chi connectivity index (χ2n) is 4.42. The molecule has 0 aromatic heterocycles. The van der Waals surface area contributed by atoms with E-state index < -0.39 is 0 Å². The molecular formula is C13H18ClN. The zero-order valence-corrected chi connectivity index (χ0v) is 9.98. The fourth-order valence-corrected chi connectivity index (χ4v) is 2.46. The molecule has 1 aliphatic carbocycles. The Morgan fingerprint density at radius 1 is 1.27 bits per heavy atom. The maximum absolute atomic E-state index is 5.91. The summed E-state index contributed by atoms with van der Waals surface area (Å²) in [6, 6.07) is 8.36. The SMILES string of the molecule is CCNCC1(c2ccc(Cl)cc2)CCC1. The number of nitrogens with one attached hydrogen (secondary N) is 1. The lowest BCUT2D eigenvalue weighted by molar-refractivity contribution is 0.235. The van der Waals surface area contributed by atoms with Crippen molar-refractivity contribution in [2.45, 2.75) is 31.6 Å². The fourth-order valence-electron chi connectivity index (χ4n) is 2.34. The zero-order chi connectivity index (χ0) is 10.7. The van der Waals surface area contributed by atoms with E-state index in [-0.39, 0.29) is 0 Å². The van der Waals surface area contributed by atoms with Crippen molar-refractivity contribution in [3.63, 3.8) is 0 Å². The number of rotatable bonds is 4. The van der Waals surface area contributed by atoms with Crippen molar-refractivity contribution in [2.75, 3.05) is 13.1 Å². The van der Waals surface area contributed by atoms with Crippen molar-refractivity contribution in [1.82, 2.24) is 5.32 Å². The van der Waals surface area contributed by atoms with Crippen LogP contribution in [-0.2, 0) is 5.41 Å². The second-order valence-corrected chi connectivity index (χ2v) is 4.86. The highest BCUT2D eigenvalue weighted by atomic mass is 35.5.